The van der Waals surface area contributed by atoms with Crippen LogP contribution in [0, 0.1) is 23.7 Å². The summed E-state index contributed by atoms with van der Waals surface area (Å²) in [6.45, 7) is 5.45. The van der Waals surface area contributed by atoms with E-state index in [1.807, 2.05) is 13.8 Å². The number of hydrogen-bond donors (Lipinski definition) is 1. The van der Waals surface area contributed by atoms with Gasteiger partial charge in [-0.2, -0.15) is 5.26 Å². The molecule has 5 heteroatoms. The Morgan fingerprint density at radius 1 is 1.30 bits per heavy atom. The van der Waals surface area contributed by atoms with Crippen LogP contribution < -0.4 is 5.73 Å². The van der Waals surface area contributed by atoms with Crippen molar-refractivity contribution in [3.8, 4) is 6.07 Å². The van der Waals surface area contributed by atoms with Crippen molar-refractivity contribution in [2.45, 2.75) is 44.9 Å². The third-order valence-electron chi connectivity index (χ3n) is 3.43. The molecule has 0 atom stereocenters. The summed E-state index contributed by atoms with van der Waals surface area (Å²) in [5.74, 6) is 0.0960. The van der Waals surface area contributed by atoms with Gasteiger partial charge in [0.15, 0.2) is 9.84 Å². The second-order valence-corrected chi connectivity index (χ2v) is 7.82. The highest BCUT2D eigenvalue weighted by Crippen LogP contribution is 2.25. The first-order valence-corrected chi connectivity index (χ1v) is 8.34. The van der Waals surface area contributed by atoms with E-state index in [9.17, 15) is 8.42 Å². The third kappa shape index (κ3) is 4.24. The van der Waals surface area contributed by atoms with Gasteiger partial charge in [-0.1, -0.05) is 12.5 Å². The van der Waals surface area contributed by atoms with Crippen molar-refractivity contribution in [3.05, 3.63) is 23.8 Å². The monoisotopic (exact) mass is 294 g/mol. The fraction of sp³-hybridized carbons (Fsp3) is 0.533. The molecule has 20 heavy (non-hydrogen) atoms. The van der Waals surface area contributed by atoms with Gasteiger partial charge in [0.25, 0.3) is 0 Å². The Balaban J connectivity index is 2.68. The van der Waals surface area contributed by atoms with Crippen LogP contribution in [-0.4, -0.2) is 14.2 Å². The van der Waals surface area contributed by atoms with Gasteiger partial charge >= 0.3 is 0 Å². The molecular formula is C15H22N2O2S. The molecule has 0 amide bonds. The fourth-order valence-electron chi connectivity index (χ4n) is 1.99. The number of nitriles is 1. The zero-order valence-corrected chi connectivity index (χ0v) is 13.1. The molecule has 4 nitrogen and oxygen atoms in total. The highest BCUT2D eigenvalue weighted by atomic mass is 32.2. The lowest BCUT2D eigenvalue weighted by Gasteiger charge is -2.14. The predicted octanol–water partition coefficient (Wildman–Crippen LogP) is 3.07. The second-order valence-electron chi connectivity index (χ2n) is 5.74. The van der Waals surface area contributed by atoms with E-state index in [0.717, 1.165) is 6.42 Å². The molecule has 0 saturated heterocycles. The Bertz CT molecular complexity index is 613. The minimum absolute atomic E-state index is 0.0960. The Labute approximate surface area is 121 Å². The van der Waals surface area contributed by atoms with Gasteiger partial charge in [0.1, 0.15) is 0 Å². The molecular weight excluding hydrogens is 272 g/mol. The van der Waals surface area contributed by atoms with Crippen LogP contribution in [0.4, 0.5) is 5.69 Å². The highest BCUT2D eigenvalue weighted by molar-refractivity contribution is 7.91. The summed E-state index contributed by atoms with van der Waals surface area (Å²) in [6.07, 6.45) is 1.98. The van der Waals surface area contributed by atoms with Crippen LogP contribution in [0.15, 0.2) is 23.1 Å². The lowest BCUT2D eigenvalue weighted by molar-refractivity contribution is 0.431. The number of unbranched alkanes of at least 4 members (excludes halogenated alkanes) is 1. The molecule has 0 radical (unpaired) electrons. The van der Waals surface area contributed by atoms with Gasteiger partial charge in [-0.15, -0.1) is 0 Å². The summed E-state index contributed by atoms with van der Waals surface area (Å²) in [6, 6.07) is 7.18. The molecule has 0 unspecified atom stereocenters. The minimum atomic E-state index is -3.30. The molecule has 0 aliphatic heterocycles. The zero-order chi connectivity index (χ0) is 15.4. The van der Waals surface area contributed by atoms with Crippen molar-refractivity contribution in [1.82, 2.24) is 0 Å². The van der Waals surface area contributed by atoms with E-state index in [2.05, 4.69) is 6.07 Å². The fourth-order valence-corrected chi connectivity index (χ4v) is 3.67. The van der Waals surface area contributed by atoms with E-state index in [4.69, 9.17) is 11.0 Å². The molecule has 0 heterocycles. The van der Waals surface area contributed by atoms with Gasteiger partial charge in [-0.05, 0) is 51.3 Å². The van der Waals surface area contributed by atoms with Crippen LogP contribution in [0.2, 0.25) is 0 Å². The molecule has 1 rings (SSSR count). The third-order valence-corrected chi connectivity index (χ3v) is 5.37. The molecule has 0 saturated carbocycles. The molecule has 0 spiro atoms. The van der Waals surface area contributed by atoms with Gasteiger partial charge in [-0.3, -0.25) is 0 Å². The largest absolute Gasteiger partial charge is 0.398 e. The number of nitrogens with two attached hydrogens (primary N) is 1. The lowest BCUT2D eigenvalue weighted by atomic mass is 9.89. The molecule has 2 N–H and O–H groups in total. The lowest BCUT2D eigenvalue weighted by Crippen LogP contribution is -2.12. The Morgan fingerprint density at radius 2 is 1.95 bits per heavy atom. The van der Waals surface area contributed by atoms with Gasteiger partial charge in [0, 0.05) is 5.69 Å². The van der Waals surface area contributed by atoms with E-state index in [1.54, 1.807) is 25.1 Å². The predicted molar refractivity (Wildman–Crippen MR) is 80.9 cm³/mol. The first kappa shape index (κ1) is 16.5. The van der Waals surface area contributed by atoms with Crippen molar-refractivity contribution in [3.63, 3.8) is 0 Å². The highest BCUT2D eigenvalue weighted by Gasteiger charge is 2.20. The maximum absolute atomic E-state index is 12.3. The number of benzene rings is 1. The van der Waals surface area contributed by atoms with Crippen LogP contribution in [0.1, 0.15) is 38.7 Å². The SMILES string of the molecule is Cc1c(N)cccc1S(=O)(=O)CCCCC(C)(C)C#N. The maximum Gasteiger partial charge on any atom is 0.178 e. The first-order chi connectivity index (χ1) is 9.19. The molecule has 0 aromatic heterocycles. The Morgan fingerprint density at radius 3 is 2.55 bits per heavy atom. The van der Waals surface area contributed by atoms with Gasteiger partial charge in [0.05, 0.1) is 22.1 Å². The number of anilines is 1. The minimum Gasteiger partial charge on any atom is -0.398 e. The van der Waals surface area contributed by atoms with Crippen molar-refractivity contribution >= 4 is 15.5 Å². The molecule has 110 valence electrons. The smallest absolute Gasteiger partial charge is 0.178 e. The number of hydrogen-bond acceptors (Lipinski definition) is 4. The number of sulfone groups is 1. The van der Waals surface area contributed by atoms with Gasteiger partial charge < -0.3 is 5.73 Å². The quantitative estimate of drug-likeness (QED) is 0.645. The van der Waals surface area contributed by atoms with Crippen molar-refractivity contribution in [2.24, 2.45) is 5.41 Å². The van der Waals surface area contributed by atoms with Gasteiger partial charge in [-0.25, -0.2) is 8.42 Å². The number of nitrogens with zero attached hydrogens (tertiary/aromatic N) is 1. The zero-order valence-electron chi connectivity index (χ0n) is 12.3. The molecule has 1 aromatic carbocycles. The normalized spacial score (nSPS) is 12.1. The van der Waals surface area contributed by atoms with Crippen molar-refractivity contribution < 1.29 is 8.42 Å². The van der Waals surface area contributed by atoms with Crippen LogP contribution in [0.25, 0.3) is 0 Å². The van der Waals surface area contributed by atoms with Crippen LogP contribution in [0.5, 0.6) is 0 Å². The summed E-state index contributed by atoms with van der Waals surface area (Å²) in [4.78, 5) is 0.317. The number of rotatable bonds is 6. The second kappa shape index (κ2) is 6.27. The molecule has 0 aliphatic carbocycles. The summed E-state index contributed by atoms with van der Waals surface area (Å²) in [7, 11) is -3.30. The average molecular weight is 294 g/mol. The van der Waals surface area contributed by atoms with Crippen LogP contribution >= 0.6 is 0 Å². The van der Waals surface area contributed by atoms with E-state index >= 15 is 0 Å². The molecule has 0 bridgehead atoms. The topological polar surface area (TPSA) is 84.0 Å². The Hall–Kier alpha value is -1.54. The summed E-state index contributed by atoms with van der Waals surface area (Å²) >= 11 is 0. The van der Waals surface area contributed by atoms with E-state index in [-0.39, 0.29) is 5.75 Å². The Kier molecular flexibility index (Phi) is 5.18. The van der Waals surface area contributed by atoms with Crippen LogP contribution in [0.3, 0.4) is 0 Å². The van der Waals surface area contributed by atoms with Crippen LogP contribution in [-0.2, 0) is 9.84 Å². The summed E-state index contributed by atoms with van der Waals surface area (Å²) < 4.78 is 24.6. The van der Waals surface area contributed by atoms with Crippen molar-refractivity contribution in [2.75, 3.05) is 11.5 Å². The van der Waals surface area contributed by atoms with Crippen molar-refractivity contribution in [1.29, 1.82) is 5.26 Å². The molecule has 1 aromatic rings. The van der Waals surface area contributed by atoms with Gasteiger partial charge in [0.2, 0.25) is 0 Å². The summed E-state index contributed by atoms with van der Waals surface area (Å²) in [5, 5.41) is 8.92. The molecule has 0 fully saturated rings. The molecule has 0 aliphatic rings. The average Bonchev–Trinajstić information content (AvgIpc) is 2.38. The first-order valence-electron chi connectivity index (χ1n) is 6.69. The maximum atomic E-state index is 12.3. The van der Waals surface area contributed by atoms with E-state index in [0.29, 0.717) is 29.0 Å². The number of nitrogen functional groups attached to an aromatic ring is 1. The standard InChI is InChI=1S/C15H22N2O2S/c1-12-13(17)7-6-8-14(12)20(18,19)10-5-4-9-15(2,3)11-16/h6-8H,4-5,9-10,17H2,1-3H3. The summed E-state index contributed by atoms with van der Waals surface area (Å²) in [5.41, 5.74) is 6.47. The van der Waals surface area contributed by atoms with E-state index < -0.39 is 15.3 Å². The van der Waals surface area contributed by atoms with E-state index in [1.165, 1.54) is 0 Å².